The predicted molar refractivity (Wildman–Crippen MR) is 52.8 cm³/mol. The predicted octanol–water partition coefficient (Wildman–Crippen LogP) is 2.30. The maximum Gasteiger partial charge on any atom is 0.433 e. The summed E-state index contributed by atoms with van der Waals surface area (Å²) < 4.78 is 0. The third-order valence-electron chi connectivity index (χ3n) is 1.60. The number of nitrogens with one attached hydrogen (secondary N) is 1. The molecule has 0 fully saturated rings. The van der Waals surface area contributed by atoms with Gasteiger partial charge in [-0.3, -0.25) is 4.84 Å². The van der Waals surface area contributed by atoms with Crippen LogP contribution in [0.25, 0.3) is 0 Å². The van der Waals surface area contributed by atoms with Crippen LogP contribution in [-0.2, 0) is 4.84 Å². The molecule has 0 saturated heterocycles. The van der Waals surface area contributed by atoms with Crippen molar-refractivity contribution in [2.24, 2.45) is 5.16 Å². The van der Waals surface area contributed by atoms with Crippen LogP contribution in [0, 0.1) is 0 Å². The van der Waals surface area contributed by atoms with Crippen LogP contribution in [0.1, 0.15) is 40.0 Å². The Morgan fingerprint density at radius 1 is 1.46 bits per heavy atom. The standard InChI is InChI=1S/C9H18N2O2/c1-4-6-7-10-9(12)13-11-8(3)5-2/h4-7H2,1-3H3,(H,10,12). The highest BCUT2D eigenvalue weighted by atomic mass is 16.7. The molecule has 0 aromatic carbocycles. The Balaban J connectivity index is 3.51. The summed E-state index contributed by atoms with van der Waals surface area (Å²) in [4.78, 5) is 15.5. The van der Waals surface area contributed by atoms with Crippen LogP contribution in [-0.4, -0.2) is 18.3 Å². The second-order valence-corrected chi connectivity index (χ2v) is 2.84. The maximum absolute atomic E-state index is 10.9. The molecule has 4 nitrogen and oxygen atoms in total. The lowest BCUT2D eigenvalue weighted by Crippen LogP contribution is -2.23. The van der Waals surface area contributed by atoms with Gasteiger partial charge in [0.1, 0.15) is 0 Å². The molecule has 0 unspecified atom stereocenters. The van der Waals surface area contributed by atoms with Gasteiger partial charge in [0.2, 0.25) is 0 Å². The lowest BCUT2D eigenvalue weighted by Gasteiger charge is -2.01. The number of carbonyl (C=O) groups excluding carboxylic acids is 1. The van der Waals surface area contributed by atoms with Gasteiger partial charge in [0.15, 0.2) is 0 Å². The molecule has 4 heteroatoms. The number of rotatable bonds is 5. The van der Waals surface area contributed by atoms with Crippen molar-refractivity contribution in [3.8, 4) is 0 Å². The first-order valence-corrected chi connectivity index (χ1v) is 4.69. The third-order valence-corrected chi connectivity index (χ3v) is 1.60. The van der Waals surface area contributed by atoms with Crippen LogP contribution >= 0.6 is 0 Å². The average molecular weight is 186 g/mol. The summed E-state index contributed by atoms with van der Waals surface area (Å²) in [5, 5.41) is 6.22. The van der Waals surface area contributed by atoms with Gasteiger partial charge in [0, 0.05) is 6.54 Å². The monoisotopic (exact) mass is 186 g/mol. The zero-order chi connectivity index (χ0) is 10.1. The van der Waals surface area contributed by atoms with Gasteiger partial charge in [-0.25, -0.2) is 4.79 Å². The van der Waals surface area contributed by atoms with Crippen LogP contribution in [0.5, 0.6) is 0 Å². The zero-order valence-electron chi connectivity index (χ0n) is 8.59. The number of hydrogen-bond acceptors (Lipinski definition) is 3. The summed E-state index contributed by atoms with van der Waals surface area (Å²) in [7, 11) is 0. The highest BCUT2D eigenvalue weighted by molar-refractivity contribution is 5.81. The Hall–Kier alpha value is -1.06. The van der Waals surface area contributed by atoms with E-state index in [1.807, 2.05) is 13.8 Å². The molecular formula is C9H18N2O2. The molecule has 0 saturated carbocycles. The molecule has 0 aliphatic rings. The molecule has 1 amide bonds. The van der Waals surface area contributed by atoms with E-state index in [9.17, 15) is 4.79 Å². The second kappa shape index (κ2) is 7.58. The minimum atomic E-state index is -0.471. The summed E-state index contributed by atoms with van der Waals surface area (Å²) in [6.07, 6.45) is 2.34. The molecule has 0 aromatic heterocycles. The Kier molecular flexibility index (Phi) is 6.96. The number of carbonyl (C=O) groups is 1. The van der Waals surface area contributed by atoms with Crippen molar-refractivity contribution in [3.63, 3.8) is 0 Å². The van der Waals surface area contributed by atoms with Crippen molar-refractivity contribution in [3.05, 3.63) is 0 Å². The van der Waals surface area contributed by atoms with E-state index in [0.717, 1.165) is 25.0 Å². The molecule has 0 radical (unpaired) electrons. The minimum absolute atomic E-state index is 0.471. The Morgan fingerprint density at radius 2 is 2.15 bits per heavy atom. The van der Waals surface area contributed by atoms with Crippen molar-refractivity contribution in [1.29, 1.82) is 0 Å². The van der Waals surface area contributed by atoms with E-state index in [0.29, 0.717) is 6.54 Å². The first-order valence-electron chi connectivity index (χ1n) is 4.69. The lowest BCUT2D eigenvalue weighted by atomic mass is 10.3. The van der Waals surface area contributed by atoms with E-state index >= 15 is 0 Å². The number of nitrogens with zero attached hydrogens (tertiary/aromatic N) is 1. The third kappa shape index (κ3) is 7.31. The first-order chi connectivity index (χ1) is 6.20. The Morgan fingerprint density at radius 3 is 2.69 bits per heavy atom. The van der Waals surface area contributed by atoms with Crippen molar-refractivity contribution < 1.29 is 9.63 Å². The minimum Gasteiger partial charge on any atom is -0.320 e. The number of amides is 1. The van der Waals surface area contributed by atoms with Gasteiger partial charge in [0.25, 0.3) is 0 Å². The van der Waals surface area contributed by atoms with Gasteiger partial charge in [0.05, 0.1) is 5.71 Å². The Labute approximate surface area is 79.3 Å². The smallest absolute Gasteiger partial charge is 0.320 e. The fraction of sp³-hybridized carbons (Fsp3) is 0.778. The van der Waals surface area contributed by atoms with Gasteiger partial charge in [-0.2, -0.15) is 0 Å². The molecule has 0 aliphatic carbocycles. The summed E-state index contributed by atoms with van der Waals surface area (Å²) in [5.41, 5.74) is 0.811. The quantitative estimate of drug-likeness (QED) is 0.310. The summed E-state index contributed by atoms with van der Waals surface area (Å²) in [5.74, 6) is 0. The van der Waals surface area contributed by atoms with Gasteiger partial charge < -0.3 is 5.32 Å². The van der Waals surface area contributed by atoms with E-state index < -0.39 is 6.09 Å². The van der Waals surface area contributed by atoms with E-state index in [-0.39, 0.29) is 0 Å². The fourth-order valence-electron chi connectivity index (χ4n) is 0.583. The van der Waals surface area contributed by atoms with Crippen LogP contribution in [0.2, 0.25) is 0 Å². The molecule has 0 aliphatic heterocycles. The first kappa shape index (κ1) is 11.9. The molecule has 1 N–H and O–H groups in total. The second-order valence-electron chi connectivity index (χ2n) is 2.84. The molecule has 0 spiro atoms. The largest absolute Gasteiger partial charge is 0.433 e. The van der Waals surface area contributed by atoms with E-state index in [2.05, 4.69) is 22.2 Å². The summed E-state index contributed by atoms with van der Waals surface area (Å²) in [6, 6.07) is 0. The number of hydrogen-bond donors (Lipinski definition) is 1. The van der Waals surface area contributed by atoms with Crippen molar-refractivity contribution in [1.82, 2.24) is 5.32 Å². The molecule has 76 valence electrons. The van der Waals surface area contributed by atoms with Crippen LogP contribution in [0.3, 0.4) is 0 Å². The topological polar surface area (TPSA) is 50.7 Å². The summed E-state index contributed by atoms with van der Waals surface area (Å²) >= 11 is 0. The fourth-order valence-corrected chi connectivity index (χ4v) is 0.583. The lowest BCUT2D eigenvalue weighted by molar-refractivity contribution is 0.150. The normalized spacial score (nSPS) is 11.2. The maximum atomic E-state index is 10.9. The van der Waals surface area contributed by atoms with E-state index in [1.165, 1.54) is 0 Å². The van der Waals surface area contributed by atoms with Gasteiger partial charge >= 0.3 is 6.09 Å². The number of unbranched alkanes of at least 4 members (excludes halogenated alkanes) is 1. The van der Waals surface area contributed by atoms with Crippen molar-refractivity contribution >= 4 is 11.8 Å². The van der Waals surface area contributed by atoms with Crippen molar-refractivity contribution in [2.45, 2.75) is 40.0 Å². The Bertz CT molecular complexity index is 178. The average Bonchev–Trinajstić information content (AvgIpc) is 2.14. The van der Waals surface area contributed by atoms with Gasteiger partial charge in [-0.15, -0.1) is 0 Å². The van der Waals surface area contributed by atoms with E-state index in [1.54, 1.807) is 0 Å². The summed E-state index contributed by atoms with van der Waals surface area (Å²) in [6.45, 7) is 6.49. The van der Waals surface area contributed by atoms with Crippen LogP contribution in [0.4, 0.5) is 4.79 Å². The highest BCUT2D eigenvalue weighted by Crippen LogP contribution is 1.88. The molecule has 0 aromatic rings. The molecule has 0 rings (SSSR count). The van der Waals surface area contributed by atoms with E-state index in [4.69, 9.17) is 0 Å². The molecule has 0 atom stereocenters. The van der Waals surface area contributed by atoms with Crippen LogP contribution in [0.15, 0.2) is 5.16 Å². The highest BCUT2D eigenvalue weighted by Gasteiger charge is 1.98. The van der Waals surface area contributed by atoms with Gasteiger partial charge in [-0.1, -0.05) is 25.4 Å². The number of oxime groups is 1. The molecule has 0 bridgehead atoms. The zero-order valence-corrected chi connectivity index (χ0v) is 8.59. The molecule has 0 heterocycles. The van der Waals surface area contributed by atoms with Gasteiger partial charge in [-0.05, 0) is 19.8 Å². The van der Waals surface area contributed by atoms with Crippen molar-refractivity contribution in [2.75, 3.05) is 6.54 Å². The molecule has 13 heavy (non-hydrogen) atoms. The molecular weight excluding hydrogens is 168 g/mol. The SMILES string of the molecule is CCCCNC(=O)ON=C(C)CC. The van der Waals surface area contributed by atoms with Crippen LogP contribution < -0.4 is 5.32 Å².